The summed E-state index contributed by atoms with van der Waals surface area (Å²) in [5.74, 6) is 1.54. The molecule has 0 aliphatic heterocycles. The molecule has 4 heteroatoms. The van der Waals surface area contributed by atoms with E-state index in [0.29, 0.717) is 6.04 Å². The molecule has 0 saturated heterocycles. The van der Waals surface area contributed by atoms with Crippen molar-refractivity contribution in [2.75, 3.05) is 5.32 Å². The number of rotatable bonds is 3. The number of aromatic nitrogens is 2. The molecule has 1 N–H and O–H groups in total. The first-order chi connectivity index (χ1) is 7.79. The Labute approximate surface area is 105 Å². The van der Waals surface area contributed by atoms with Crippen LogP contribution in [0.3, 0.4) is 0 Å². The lowest BCUT2D eigenvalue weighted by atomic mass is 9.83. The topological polar surface area (TPSA) is 37.8 Å². The third-order valence-electron chi connectivity index (χ3n) is 3.37. The van der Waals surface area contributed by atoms with Crippen molar-refractivity contribution in [1.82, 2.24) is 9.97 Å². The number of hydrogen-bond acceptors (Lipinski definition) is 3. The normalized spacial score (nSPS) is 25.4. The van der Waals surface area contributed by atoms with Gasteiger partial charge in [-0.2, -0.15) is 0 Å². The minimum Gasteiger partial charge on any atom is -0.351 e. The molecule has 1 fully saturated rings. The van der Waals surface area contributed by atoms with Gasteiger partial charge in [-0.15, -0.1) is 0 Å². The molecule has 1 aromatic heterocycles. The van der Waals surface area contributed by atoms with E-state index < -0.39 is 0 Å². The van der Waals surface area contributed by atoms with Gasteiger partial charge in [0.05, 0.1) is 4.47 Å². The Morgan fingerprint density at radius 3 is 2.69 bits per heavy atom. The number of halogens is 1. The molecule has 0 spiro atoms. The average molecular weight is 284 g/mol. The average Bonchev–Trinajstić information content (AvgIpc) is 2.33. The molecule has 3 nitrogen and oxygen atoms in total. The van der Waals surface area contributed by atoms with E-state index >= 15 is 0 Å². The van der Waals surface area contributed by atoms with Crippen LogP contribution >= 0.6 is 15.9 Å². The highest BCUT2D eigenvalue weighted by Gasteiger charge is 2.23. The van der Waals surface area contributed by atoms with Crippen LogP contribution in [0.25, 0.3) is 0 Å². The van der Waals surface area contributed by atoms with Gasteiger partial charge in [0.1, 0.15) is 0 Å². The SMILES string of the molecule is CCC1CCCCC1Nc1ncc(Br)cn1. The second kappa shape index (κ2) is 5.62. The molecule has 1 aliphatic carbocycles. The maximum absolute atomic E-state index is 4.27. The van der Waals surface area contributed by atoms with Crippen molar-refractivity contribution in [3.05, 3.63) is 16.9 Å². The maximum atomic E-state index is 4.27. The molecule has 0 aromatic carbocycles. The third-order valence-corrected chi connectivity index (χ3v) is 3.78. The van der Waals surface area contributed by atoms with Crippen LogP contribution in [-0.4, -0.2) is 16.0 Å². The van der Waals surface area contributed by atoms with Gasteiger partial charge in [0.15, 0.2) is 0 Å². The molecule has 1 aliphatic rings. The van der Waals surface area contributed by atoms with Crippen LogP contribution in [-0.2, 0) is 0 Å². The summed E-state index contributed by atoms with van der Waals surface area (Å²) in [5, 5.41) is 3.47. The van der Waals surface area contributed by atoms with E-state index in [9.17, 15) is 0 Å². The molecule has 1 aromatic rings. The van der Waals surface area contributed by atoms with Gasteiger partial charge in [0.2, 0.25) is 5.95 Å². The Balaban J connectivity index is 1.99. The van der Waals surface area contributed by atoms with Crippen molar-refractivity contribution >= 4 is 21.9 Å². The molecular weight excluding hydrogens is 266 g/mol. The summed E-state index contributed by atoms with van der Waals surface area (Å²) in [4.78, 5) is 8.54. The quantitative estimate of drug-likeness (QED) is 0.921. The van der Waals surface area contributed by atoms with Crippen molar-refractivity contribution in [2.45, 2.75) is 45.1 Å². The smallest absolute Gasteiger partial charge is 0.222 e. The Morgan fingerprint density at radius 2 is 2.00 bits per heavy atom. The minimum atomic E-state index is 0.555. The predicted octanol–water partition coefficient (Wildman–Crippen LogP) is 3.62. The van der Waals surface area contributed by atoms with E-state index in [4.69, 9.17) is 0 Å². The molecule has 88 valence electrons. The van der Waals surface area contributed by atoms with E-state index in [-0.39, 0.29) is 0 Å². The Bertz CT molecular complexity index is 326. The lowest BCUT2D eigenvalue weighted by Gasteiger charge is -2.31. The first-order valence-electron chi connectivity index (χ1n) is 6.03. The minimum absolute atomic E-state index is 0.555. The lowest BCUT2D eigenvalue weighted by Crippen LogP contribution is -2.32. The zero-order valence-corrected chi connectivity index (χ0v) is 11.2. The first kappa shape index (κ1) is 11.8. The maximum Gasteiger partial charge on any atom is 0.222 e. The van der Waals surface area contributed by atoms with Crippen LogP contribution in [0, 0.1) is 5.92 Å². The van der Waals surface area contributed by atoms with E-state index in [1.54, 1.807) is 12.4 Å². The second-order valence-corrected chi connectivity index (χ2v) is 5.34. The Morgan fingerprint density at radius 1 is 1.31 bits per heavy atom. The summed E-state index contributed by atoms with van der Waals surface area (Å²) in [5.41, 5.74) is 0. The van der Waals surface area contributed by atoms with Gasteiger partial charge < -0.3 is 5.32 Å². The highest BCUT2D eigenvalue weighted by atomic mass is 79.9. The van der Waals surface area contributed by atoms with E-state index in [1.807, 2.05) is 0 Å². The molecule has 0 radical (unpaired) electrons. The number of nitrogens with one attached hydrogen (secondary N) is 1. The first-order valence-corrected chi connectivity index (χ1v) is 6.83. The fourth-order valence-electron chi connectivity index (χ4n) is 2.44. The number of nitrogens with zero attached hydrogens (tertiary/aromatic N) is 2. The molecule has 2 atom stereocenters. The predicted molar refractivity (Wildman–Crippen MR) is 69.4 cm³/mol. The van der Waals surface area contributed by atoms with Gasteiger partial charge in [-0.25, -0.2) is 9.97 Å². The zero-order chi connectivity index (χ0) is 11.4. The van der Waals surface area contributed by atoms with Crippen molar-refractivity contribution in [3.8, 4) is 0 Å². The summed E-state index contributed by atoms with van der Waals surface area (Å²) < 4.78 is 0.925. The van der Waals surface area contributed by atoms with E-state index in [2.05, 4.69) is 38.1 Å². The van der Waals surface area contributed by atoms with Gasteiger partial charge in [0.25, 0.3) is 0 Å². The highest BCUT2D eigenvalue weighted by molar-refractivity contribution is 9.10. The number of anilines is 1. The van der Waals surface area contributed by atoms with Gasteiger partial charge in [-0.3, -0.25) is 0 Å². The second-order valence-electron chi connectivity index (χ2n) is 4.43. The van der Waals surface area contributed by atoms with Crippen LogP contribution in [0.1, 0.15) is 39.0 Å². The van der Waals surface area contributed by atoms with Crippen molar-refractivity contribution < 1.29 is 0 Å². The fraction of sp³-hybridized carbons (Fsp3) is 0.667. The Kier molecular flexibility index (Phi) is 4.16. The third kappa shape index (κ3) is 2.94. The number of hydrogen-bond donors (Lipinski definition) is 1. The highest BCUT2D eigenvalue weighted by Crippen LogP contribution is 2.28. The van der Waals surface area contributed by atoms with Crippen LogP contribution in [0.5, 0.6) is 0 Å². The Hall–Kier alpha value is -0.640. The van der Waals surface area contributed by atoms with E-state index in [1.165, 1.54) is 32.1 Å². The summed E-state index contributed by atoms with van der Waals surface area (Å²) >= 11 is 3.34. The van der Waals surface area contributed by atoms with Gasteiger partial charge in [-0.05, 0) is 34.7 Å². The molecule has 2 rings (SSSR count). The van der Waals surface area contributed by atoms with Crippen molar-refractivity contribution in [2.24, 2.45) is 5.92 Å². The van der Waals surface area contributed by atoms with Gasteiger partial charge in [0, 0.05) is 18.4 Å². The molecule has 1 saturated carbocycles. The fourth-order valence-corrected chi connectivity index (χ4v) is 2.64. The van der Waals surface area contributed by atoms with Crippen LogP contribution in [0.4, 0.5) is 5.95 Å². The lowest BCUT2D eigenvalue weighted by molar-refractivity contribution is 0.316. The van der Waals surface area contributed by atoms with Crippen LogP contribution in [0.2, 0.25) is 0 Å². The standard InChI is InChI=1S/C12H18BrN3/c1-2-9-5-3-4-6-11(9)16-12-14-7-10(13)8-15-12/h7-9,11H,2-6H2,1H3,(H,14,15,16). The molecule has 1 heterocycles. The summed E-state index contributed by atoms with van der Waals surface area (Å²) in [6, 6.07) is 0.555. The monoisotopic (exact) mass is 283 g/mol. The van der Waals surface area contributed by atoms with Crippen molar-refractivity contribution in [1.29, 1.82) is 0 Å². The van der Waals surface area contributed by atoms with Crippen molar-refractivity contribution in [3.63, 3.8) is 0 Å². The van der Waals surface area contributed by atoms with E-state index in [0.717, 1.165) is 16.3 Å². The summed E-state index contributed by atoms with van der Waals surface area (Å²) in [6.07, 6.45) is 10.1. The molecule has 16 heavy (non-hydrogen) atoms. The largest absolute Gasteiger partial charge is 0.351 e. The molecule has 0 amide bonds. The molecule has 2 unspecified atom stereocenters. The molecule has 0 bridgehead atoms. The zero-order valence-electron chi connectivity index (χ0n) is 9.62. The summed E-state index contributed by atoms with van der Waals surface area (Å²) in [7, 11) is 0. The van der Waals surface area contributed by atoms with Gasteiger partial charge in [-0.1, -0.05) is 26.2 Å². The van der Waals surface area contributed by atoms with Gasteiger partial charge >= 0.3 is 0 Å². The van der Waals surface area contributed by atoms with Crippen LogP contribution in [0.15, 0.2) is 16.9 Å². The van der Waals surface area contributed by atoms with Crippen LogP contribution < -0.4 is 5.32 Å². The molecular formula is C12H18BrN3. The summed E-state index contributed by atoms with van der Waals surface area (Å²) in [6.45, 7) is 2.27.